The molecule has 1 aromatic carbocycles. The van der Waals surface area contributed by atoms with Crippen LogP contribution in [0.15, 0.2) is 35.1 Å². The fourth-order valence-electron chi connectivity index (χ4n) is 1.90. The largest absolute Gasteiger partial charge is 0.310 e. The lowest BCUT2D eigenvalue weighted by atomic mass is 10.1. The van der Waals surface area contributed by atoms with Crippen molar-refractivity contribution in [3.8, 4) is 5.69 Å². The molecule has 94 valence electrons. The third-order valence-corrected chi connectivity index (χ3v) is 3.45. The molecule has 0 unspecified atom stereocenters. The van der Waals surface area contributed by atoms with Crippen molar-refractivity contribution in [1.82, 2.24) is 15.1 Å². The molecule has 3 rings (SSSR count). The smallest absolute Gasteiger partial charge is 0.129 e. The SMILES string of the molecule is Fc1cccc(-n2cc(Br)cn2)c1CNC1CC1. The maximum absolute atomic E-state index is 13.9. The molecule has 1 heterocycles. The van der Waals surface area contributed by atoms with Crippen LogP contribution >= 0.6 is 15.9 Å². The maximum atomic E-state index is 13.9. The highest BCUT2D eigenvalue weighted by Crippen LogP contribution is 2.23. The van der Waals surface area contributed by atoms with Crippen molar-refractivity contribution in [2.75, 3.05) is 0 Å². The summed E-state index contributed by atoms with van der Waals surface area (Å²) >= 11 is 3.35. The van der Waals surface area contributed by atoms with Crippen LogP contribution in [0.2, 0.25) is 0 Å². The molecule has 1 saturated carbocycles. The minimum Gasteiger partial charge on any atom is -0.310 e. The lowest BCUT2D eigenvalue weighted by Gasteiger charge is -2.11. The second-order valence-electron chi connectivity index (χ2n) is 4.50. The van der Waals surface area contributed by atoms with Crippen LogP contribution in [-0.4, -0.2) is 15.8 Å². The van der Waals surface area contributed by atoms with E-state index in [0.717, 1.165) is 10.2 Å². The summed E-state index contributed by atoms with van der Waals surface area (Å²) in [4.78, 5) is 0. The molecule has 2 aromatic rings. The highest BCUT2D eigenvalue weighted by Gasteiger charge is 2.21. The van der Waals surface area contributed by atoms with Crippen LogP contribution in [0.3, 0.4) is 0 Å². The molecule has 18 heavy (non-hydrogen) atoms. The summed E-state index contributed by atoms with van der Waals surface area (Å²) in [5.74, 6) is -0.188. The van der Waals surface area contributed by atoms with Crippen LogP contribution in [0.4, 0.5) is 4.39 Å². The molecule has 1 aromatic heterocycles. The Balaban J connectivity index is 1.93. The Labute approximate surface area is 113 Å². The van der Waals surface area contributed by atoms with Crippen LogP contribution < -0.4 is 5.32 Å². The first-order valence-electron chi connectivity index (χ1n) is 5.95. The van der Waals surface area contributed by atoms with E-state index in [1.165, 1.54) is 18.9 Å². The van der Waals surface area contributed by atoms with Crippen molar-refractivity contribution < 1.29 is 4.39 Å². The van der Waals surface area contributed by atoms with Gasteiger partial charge < -0.3 is 5.32 Å². The van der Waals surface area contributed by atoms with E-state index in [-0.39, 0.29) is 5.82 Å². The van der Waals surface area contributed by atoms with Crippen LogP contribution in [0.5, 0.6) is 0 Å². The average molecular weight is 310 g/mol. The summed E-state index contributed by atoms with van der Waals surface area (Å²) in [6, 6.07) is 5.64. The van der Waals surface area contributed by atoms with E-state index in [2.05, 4.69) is 26.3 Å². The fourth-order valence-corrected chi connectivity index (χ4v) is 2.19. The van der Waals surface area contributed by atoms with Gasteiger partial charge in [-0.1, -0.05) is 6.07 Å². The minimum absolute atomic E-state index is 0.188. The molecular formula is C13H13BrFN3. The third-order valence-electron chi connectivity index (χ3n) is 3.04. The molecule has 1 fully saturated rings. The molecule has 5 heteroatoms. The van der Waals surface area contributed by atoms with Crippen LogP contribution in [-0.2, 0) is 6.54 Å². The first-order valence-corrected chi connectivity index (χ1v) is 6.74. The number of halogens is 2. The zero-order valence-electron chi connectivity index (χ0n) is 9.74. The maximum Gasteiger partial charge on any atom is 0.129 e. The highest BCUT2D eigenvalue weighted by atomic mass is 79.9. The Morgan fingerprint density at radius 1 is 1.44 bits per heavy atom. The first kappa shape index (κ1) is 11.9. The Morgan fingerprint density at radius 2 is 2.28 bits per heavy atom. The molecule has 0 bridgehead atoms. The van der Waals surface area contributed by atoms with Crippen molar-refractivity contribution in [2.45, 2.75) is 25.4 Å². The predicted molar refractivity (Wildman–Crippen MR) is 71.1 cm³/mol. The molecule has 1 aliphatic carbocycles. The number of hydrogen-bond acceptors (Lipinski definition) is 2. The molecule has 3 nitrogen and oxygen atoms in total. The van der Waals surface area contributed by atoms with Crippen molar-refractivity contribution in [1.29, 1.82) is 0 Å². The minimum atomic E-state index is -0.188. The summed E-state index contributed by atoms with van der Waals surface area (Å²) in [6.07, 6.45) is 5.91. The topological polar surface area (TPSA) is 29.9 Å². The molecule has 1 aliphatic rings. The van der Waals surface area contributed by atoms with Crippen molar-refractivity contribution in [3.05, 3.63) is 46.4 Å². The second-order valence-corrected chi connectivity index (χ2v) is 5.41. The van der Waals surface area contributed by atoms with Crippen LogP contribution in [0, 0.1) is 5.82 Å². The Hall–Kier alpha value is -1.20. The zero-order chi connectivity index (χ0) is 12.5. The van der Waals surface area contributed by atoms with Crippen molar-refractivity contribution >= 4 is 15.9 Å². The predicted octanol–water partition coefficient (Wildman–Crippen LogP) is 3.03. The van der Waals surface area contributed by atoms with E-state index in [1.54, 1.807) is 16.9 Å². The third kappa shape index (κ3) is 2.47. The first-order chi connectivity index (χ1) is 8.74. The van der Waals surface area contributed by atoms with Gasteiger partial charge in [-0.05, 0) is 40.9 Å². The fraction of sp³-hybridized carbons (Fsp3) is 0.308. The molecule has 0 atom stereocenters. The number of nitrogens with one attached hydrogen (secondary N) is 1. The Kier molecular flexibility index (Phi) is 3.18. The second kappa shape index (κ2) is 4.82. The normalized spacial score (nSPS) is 15.0. The van der Waals surface area contributed by atoms with Crippen molar-refractivity contribution in [2.24, 2.45) is 0 Å². The number of aromatic nitrogens is 2. The van der Waals surface area contributed by atoms with Gasteiger partial charge in [-0.25, -0.2) is 9.07 Å². The summed E-state index contributed by atoms with van der Waals surface area (Å²) in [6.45, 7) is 0.546. The van der Waals surface area contributed by atoms with Gasteiger partial charge in [0.1, 0.15) is 5.82 Å². The van der Waals surface area contributed by atoms with Gasteiger partial charge in [0.2, 0.25) is 0 Å². The lowest BCUT2D eigenvalue weighted by molar-refractivity contribution is 0.582. The molecule has 0 aliphatic heterocycles. The van der Waals surface area contributed by atoms with Crippen LogP contribution in [0.1, 0.15) is 18.4 Å². The molecule has 1 N–H and O–H groups in total. The summed E-state index contributed by atoms with van der Waals surface area (Å²) in [5.41, 5.74) is 1.45. The van der Waals surface area contributed by atoms with Gasteiger partial charge in [0, 0.05) is 24.3 Å². The van der Waals surface area contributed by atoms with Gasteiger partial charge in [-0.3, -0.25) is 0 Å². The van der Waals surface area contributed by atoms with E-state index in [1.807, 2.05) is 12.3 Å². The summed E-state index contributed by atoms with van der Waals surface area (Å²) < 4.78 is 16.5. The van der Waals surface area contributed by atoms with Crippen molar-refractivity contribution in [3.63, 3.8) is 0 Å². The number of rotatable bonds is 4. The van der Waals surface area contributed by atoms with E-state index in [9.17, 15) is 4.39 Å². The molecule has 0 amide bonds. The van der Waals surface area contributed by atoms with Gasteiger partial charge in [-0.2, -0.15) is 5.10 Å². The average Bonchev–Trinajstić information content (AvgIpc) is 3.08. The zero-order valence-corrected chi connectivity index (χ0v) is 11.3. The van der Waals surface area contributed by atoms with Crippen LogP contribution in [0.25, 0.3) is 5.69 Å². The quantitative estimate of drug-likeness (QED) is 0.941. The van der Waals surface area contributed by atoms with E-state index < -0.39 is 0 Å². The number of hydrogen-bond donors (Lipinski definition) is 1. The summed E-state index contributed by atoms with van der Waals surface area (Å²) in [7, 11) is 0. The van der Waals surface area contributed by atoms with E-state index in [0.29, 0.717) is 18.2 Å². The molecule has 0 radical (unpaired) electrons. The van der Waals surface area contributed by atoms with Gasteiger partial charge in [-0.15, -0.1) is 0 Å². The van der Waals surface area contributed by atoms with E-state index >= 15 is 0 Å². The number of nitrogens with zero attached hydrogens (tertiary/aromatic N) is 2. The van der Waals surface area contributed by atoms with Gasteiger partial charge in [0.15, 0.2) is 0 Å². The lowest BCUT2D eigenvalue weighted by Crippen LogP contribution is -2.18. The number of benzene rings is 1. The monoisotopic (exact) mass is 309 g/mol. The van der Waals surface area contributed by atoms with Gasteiger partial charge >= 0.3 is 0 Å². The molecule has 0 saturated heterocycles. The van der Waals surface area contributed by atoms with Gasteiger partial charge in [0.25, 0.3) is 0 Å². The Bertz CT molecular complexity index is 563. The van der Waals surface area contributed by atoms with E-state index in [4.69, 9.17) is 0 Å². The Morgan fingerprint density at radius 3 is 2.94 bits per heavy atom. The summed E-state index contributed by atoms with van der Waals surface area (Å²) in [5, 5.41) is 7.54. The molecular weight excluding hydrogens is 297 g/mol. The molecule has 0 spiro atoms. The highest BCUT2D eigenvalue weighted by molar-refractivity contribution is 9.10. The van der Waals surface area contributed by atoms with Gasteiger partial charge in [0.05, 0.1) is 16.4 Å². The standard InChI is InChI=1S/C13H13BrFN3/c14-9-6-17-18(8-9)13-3-1-2-12(15)11(13)7-16-10-4-5-10/h1-3,6,8,10,16H,4-5,7H2.